The SMILES string of the molecule is COc1ccc(CN2C(=O)c3cccc4c(-n5ncc(C(=O)O)c5C(F)(F)F)cnc2c34)cc1. The van der Waals surface area contributed by atoms with Gasteiger partial charge in [0.2, 0.25) is 0 Å². The molecule has 11 heteroatoms. The molecule has 172 valence electrons. The number of carbonyl (C=O) groups is 2. The van der Waals surface area contributed by atoms with Gasteiger partial charge in [0, 0.05) is 10.8 Å². The number of pyridine rings is 1. The van der Waals surface area contributed by atoms with Gasteiger partial charge in [-0.05, 0) is 23.8 Å². The minimum Gasteiger partial charge on any atom is -0.497 e. The highest BCUT2D eigenvalue weighted by molar-refractivity contribution is 6.25. The Kier molecular flexibility index (Phi) is 4.78. The van der Waals surface area contributed by atoms with E-state index in [2.05, 4.69) is 10.1 Å². The van der Waals surface area contributed by atoms with E-state index in [-0.39, 0.29) is 23.7 Å². The van der Waals surface area contributed by atoms with Crippen molar-refractivity contribution >= 4 is 28.5 Å². The van der Waals surface area contributed by atoms with Gasteiger partial charge in [-0.25, -0.2) is 14.5 Å². The molecule has 3 heterocycles. The minimum atomic E-state index is -4.98. The summed E-state index contributed by atoms with van der Waals surface area (Å²) in [7, 11) is 1.54. The highest BCUT2D eigenvalue weighted by atomic mass is 19.4. The highest BCUT2D eigenvalue weighted by Gasteiger charge is 2.41. The van der Waals surface area contributed by atoms with Gasteiger partial charge in [-0.3, -0.25) is 9.69 Å². The van der Waals surface area contributed by atoms with Crippen LogP contribution in [0, 0.1) is 0 Å². The number of rotatable bonds is 5. The lowest BCUT2D eigenvalue weighted by Gasteiger charge is -2.18. The molecule has 2 aromatic carbocycles. The predicted molar refractivity (Wildman–Crippen MR) is 114 cm³/mol. The van der Waals surface area contributed by atoms with E-state index in [9.17, 15) is 27.9 Å². The fourth-order valence-corrected chi connectivity index (χ4v) is 4.08. The van der Waals surface area contributed by atoms with Crippen molar-refractivity contribution in [3.05, 3.63) is 77.2 Å². The summed E-state index contributed by atoms with van der Waals surface area (Å²) in [5.74, 6) is -1.14. The molecule has 1 aliphatic heterocycles. The summed E-state index contributed by atoms with van der Waals surface area (Å²) < 4.78 is 46.9. The Labute approximate surface area is 189 Å². The second kappa shape index (κ2) is 7.58. The average molecular weight is 468 g/mol. The van der Waals surface area contributed by atoms with Crippen molar-refractivity contribution in [1.82, 2.24) is 14.8 Å². The molecule has 0 aliphatic carbocycles. The number of amides is 1. The molecule has 0 radical (unpaired) electrons. The molecule has 0 bridgehead atoms. The second-order valence-electron chi connectivity index (χ2n) is 7.56. The topological polar surface area (TPSA) is 97.6 Å². The van der Waals surface area contributed by atoms with Crippen LogP contribution in [0.2, 0.25) is 0 Å². The monoisotopic (exact) mass is 468 g/mol. The number of ether oxygens (including phenoxy) is 1. The fraction of sp³-hybridized carbons (Fsp3) is 0.130. The van der Waals surface area contributed by atoms with Gasteiger partial charge in [-0.15, -0.1) is 0 Å². The van der Waals surface area contributed by atoms with Gasteiger partial charge in [-0.2, -0.15) is 18.3 Å². The van der Waals surface area contributed by atoms with E-state index in [4.69, 9.17) is 4.74 Å². The van der Waals surface area contributed by atoms with E-state index in [1.54, 1.807) is 49.6 Å². The lowest BCUT2D eigenvalue weighted by Crippen LogP contribution is -2.26. The van der Waals surface area contributed by atoms with E-state index >= 15 is 0 Å². The van der Waals surface area contributed by atoms with Crippen molar-refractivity contribution in [2.24, 2.45) is 0 Å². The number of anilines is 1. The third-order valence-electron chi connectivity index (χ3n) is 5.60. The Morgan fingerprint density at radius 2 is 1.85 bits per heavy atom. The van der Waals surface area contributed by atoms with E-state index in [1.807, 2.05) is 0 Å². The Bertz CT molecular complexity index is 1460. The van der Waals surface area contributed by atoms with Crippen molar-refractivity contribution in [2.75, 3.05) is 12.0 Å². The molecule has 1 amide bonds. The Hall–Kier alpha value is -4.41. The maximum atomic E-state index is 13.8. The van der Waals surface area contributed by atoms with Crippen molar-refractivity contribution in [3.63, 3.8) is 0 Å². The van der Waals surface area contributed by atoms with Crippen LogP contribution < -0.4 is 9.64 Å². The average Bonchev–Trinajstić information content (AvgIpc) is 3.37. The summed E-state index contributed by atoms with van der Waals surface area (Å²) in [4.78, 5) is 30.3. The third kappa shape index (κ3) is 3.24. The summed E-state index contributed by atoms with van der Waals surface area (Å²) in [6, 6.07) is 11.8. The van der Waals surface area contributed by atoms with Gasteiger partial charge in [0.15, 0.2) is 5.69 Å². The molecule has 0 atom stereocenters. The number of alkyl halides is 3. The lowest BCUT2D eigenvalue weighted by molar-refractivity contribution is -0.143. The van der Waals surface area contributed by atoms with Crippen LogP contribution in [0.1, 0.15) is 32.0 Å². The number of carboxylic acid groups (broad SMARTS) is 1. The summed E-state index contributed by atoms with van der Waals surface area (Å²) in [5.41, 5.74) is -1.40. The first-order chi connectivity index (χ1) is 16.2. The van der Waals surface area contributed by atoms with Crippen LogP contribution in [0.15, 0.2) is 54.9 Å². The zero-order valence-electron chi connectivity index (χ0n) is 17.5. The number of halogens is 3. The number of hydrogen-bond acceptors (Lipinski definition) is 5. The summed E-state index contributed by atoms with van der Waals surface area (Å²) in [5, 5.41) is 13.6. The van der Waals surface area contributed by atoms with Gasteiger partial charge in [-0.1, -0.05) is 24.3 Å². The molecule has 1 N–H and O–H groups in total. The van der Waals surface area contributed by atoms with Crippen molar-refractivity contribution in [2.45, 2.75) is 12.7 Å². The zero-order valence-corrected chi connectivity index (χ0v) is 17.5. The van der Waals surface area contributed by atoms with Gasteiger partial charge in [0.05, 0.1) is 37.3 Å². The Balaban J connectivity index is 1.65. The normalized spacial score (nSPS) is 13.1. The van der Waals surface area contributed by atoms with Crippen LogP contribution in [0.3, 0.4) is 0 Å². The number of methoxy groups -OCH3 is 1. The Morgan fingerprint density at radius 3 is 2.50 bits per heavy atom. The van der Waals surface area contributed by atoms with Gasteiger partial charge in [0.25, 0.3) is 5.91 Å². The minimum absolute atomic E-state index is 0.0838. The van der Waals surface area contributed by atoms with Crippen LogP contribution in [0.4, 0.5) is 19.0 Å². The maximum absolute atomic E-state index is 13.8. The number of nitrogens with zero attached hydrogens (tertiary/aromatic N) is 4. The predicted octanol–water partition coefficient (Wildman–Crippen LogP) is 4.31. The molecule has 1 aliphatic rings. The Morgan fingerprint density at radius 1 is 1.12 bits per heavy atom. The highest BCUT2D eigenvalue weighted by Crippen LogP contribution is 2.41. The number of carbonyl (C=O) groups excluding carboxylic acids is 1. The van der Waals surface area contributed by atoms with E-state index in [0.29, 0.717) is 33.2 Å². The number of aromatic nitrogens is 3. The quantitative estimate of drug-likeness (QED) is 0.469. The molecule has 4 aromatic rings. The molecule has 2 aromatic heterocycles. The molecule has 5 rings (SSSR count). The molecule has 0 unspecified atom stereocenters. The molecular formula is C23H15F3N4O4. The molecule has 0 saturated heterocycles. The first kappa shape index (κ1) is 21.4. The van der Waals surface area contributed by atoms with Crippen LogP contribution in [-0.4, -0.2) is 38.9 Å². The van der Waals surface area contributed by atoms with Gasteiger partial charge >= 0.3 is 12.1 Å². The van der Waals surface area contributed by atoms with Crippen LogP contribution in [0.25, 0.3) is 16.5 Å². The number of hydrogen-bond donors (Lipinski definition) is 1. The molecule has 0 fully saturated rings. The molecule has 8 nitrogen and oxygen atoms in total. The maximum Gasteiger partial charge on any atom is 0.434 e. The molecule has 0 spiro atoms. The molecule has 0 saturated carbocycles. The van der Waals surface area contributed by atoms with E-state index < -0.39 is 23.4 Å². The standard InChI is InChI=1S/C23H15F3N4O4/c1-34-13-7-5-12(6-8-13)11-29-20-18-14(3-2-4-15(18)21(29)31)17(10-27-20)30-19(23(24,25)26)16(9-28-30)22(32)33/h2-10H,11H2,1H3,(H,32,33). The number of carboxylic acids is 1. The molecular weight excluding hydrogens is 453 g/mol. The van der Waals surface area contributed by atoms with Crippen molar-refractivity contribution < 1.29 is 32.6 Å². The first-order valence-electron chi connectivity index (χ1n) is 9.96. The lowest BCUT2D eigenvalue weighted by atomic mass is 10.1. The van der Waals surface area contributed by atoms with Crippen LogP contribution >= 0.6 is 0 Å². The first-order valence-corrected chi connectivity index (χ1v) is 9.96. The smallest absolute Gasteiger partial charge is 0.434 e. The fourth-order valence-electron chi connectivity index (χ4n) is 4.08. The largest absolute Gasteiger partial charge is 0.497 e. The summed E-state index contributed by atoms with van der Waals surface area (Å²) >= 11 is 0. The number of aromatic carboxylic acids is 1. The zero-order chi connectivity index (χ0) is 24.2. The second-order valence-corrected chi connectivity index (χ2v) is 7.56. The van der Waals surface area contributed by atoms with Crippen molar-refractivity contribution in [3.8, 4) is 11.4 Å². The van der Waals surface area contributed by atoms with Gasteiger partial charge in [0.1, 0.15) is 17.1 Å². The van der Waals surface area contributed by atoms with Gasteiger partial charge < -0.3 is 9.84 Å². The van der Waals surface area contributed by atoms with E-state index in [0.717, 1.165) is 11.8 Å². The summed E-state index contributed by atoms with van der Waals surface area (Å²) in [6.07, 6.45) is -3.17. The molecule has 34 heavy (non-hydrogen) atoms. The number of benzene rings is 2. The third-order valence-corrected chi connectivity index (χ3v) is 5.60. The van der Waals surface area contributed by atoms with Crippen LogP contribution in [0.5, 0.6) is 5.75 Å². The van der Waals surface area contributed by atoms with Crippen LogP contribution in [-0.2, 0) is 12.7 Å². The summed E-state index contributed by atoms with van der Waals surface area (Å²) in [6.45, 7) is 0.192. The van der Waals surface area contributed by atoms with E-state index in [1.165, 1.54) is 4.90 Å². The van der Waals surface area contributed by atoms with Crippen molar-refractivity contribution in [1.29, 1.82) is 0 Å².